The summed E-state index contributed by atoms with van der Waals surface area (Å²) in [7, 11) is 1.68. The molecule has 6 atom stereocenters. The second-order valence-electron chi connectivity index (χ2n) is 26.3. The van der Waals surface area contributed by atoms with Crippen molar-refractivity contribution >= 4 is 52.2 Å². The predicted octanol–water partition coefficient (Wildman–Crippen LogP) is 3.83. The zero-order chi connectivity index (χ0) is 76.8. The zero-order valence-electron chi connectivity index (χ0n) is 62.3. The number of amides is 6. The molecule has 33 nitrogen and oxygen atoms in total. The molecule has 4 heterocycles. The highest BCUT2D eigenvalue weighted by atomic mass is 19.4. The van der Waals surface area contributed by atoms with Crippen LogP contribution in [0.5, 0.6) is 0 Å². The summed E-state index contributed by atoms with van der Waals surface area (Å²) in [5.41, 5.74) is 8.44. The summed E-state index contributed by atoms with van der Waals surface area (Å²) in [5.74, 6) is -1.53. The quantitative estimate of drug-likeness (QED) is 0.0232. The van der Waals surface area contributed by atoms with Crippen molar-refractivity contribution in [1.29, 1.82) is 0 Å². The van der Waals surface area contributed by atoms with E-state index in [2.05, 4.69) is 72.3 Å². The van der Waals surface area contributed by atoms with Gasteiger partial charge in [-0.2, -0.15) is 13.2 Å². The Morgan fingerprint density at radius 3 is 1.74 bits per heavy atom. The van der Waals surface area contributed by atoms with Crippen LogP contribution in [0.15, 0.2) is 54.2 Å². The molecule has 0 bridgehead atoms. The van der Waals surface area contributed by atoms with Crippen LogP contribution in [0.3, 0.4) is 0 Å². The number of anilines is 1. The molecule has 0 radical (unpaired) electrons. The summed E-state index contributed by atoms with van der Waals surface area (Å²) >= 11 is 0. The van der Waals surface area contributed by atoms with E-state index in [1.54, 1.807) is 40.2 Å². The lowest BCUT2D eigenvalue weighted by Crippen LogP contribution is -2.59. The van der Waals surface area contributed by atoms with Crippen LogP contribution < -0.4 is 26.6 Å². The number of ether oxygens (including phenoxy) is 13. The Morgan fingerprint density at radius 1 is 0.645 bits per heavy atom. The number of fused-ring (bicyclic) bond motifs is 1. The van der Waals surface area contributed by atoms with Crippen molar-refractivity contribution in [3.8, 4) is 0 Å². The van der Waals surface area contributed by atoms with E-state index in [1.165, 1.54) is 12.4 Å². The summed E-state index contributed by atoms with van der Waals surface area (Å²) in [4.78, 5) is 98.6. The Bertz CT molecular complexity index is 3110. The van der Waals surface area contributed by atoms with Crippen LogP contribution in [0.2, 0.25) is 0 Å². The lowest BCUT2D eigenvalue weighted by molar-refractivity contribution is -0.137. The van der Waals surface area contributed by atoms with E-state index in [9.17, 15) is 41.9 Å². The fourth-order valence-corrected chi connectivity index (χ4v) is 12.1. The van der Waals surface area contributed by atoms with Crippen molar-refractivity contribution in [2.75, 3.05) is 223 Å². The highest BCUT2D eigenvalue weighted by molar-refractivity contribution is 5.94. The average Bonchev–Trinajstić information content (AvgIpc) is 1.75. The molecular weight excluding hydrogens is 1410 g/mol. The molecule has 2 saturated heterocycles. The Hall–Kier alpha value is -7.13. The Morgan fingerprint density at radius 2 is 1.18 bits per heavy atom. The minimum atomic E-state index is -4.56. The molecule has 600 valence electrons. The molecule has 1 aromatic carbocycles. The van der Waals surface area contributed by atoms with Crippen molar-refractivity contribution in [2.45, 2.75) is 114 Å². The molecule has 2 aromatic heterocycles. The molecular formula is C71H111F3N14O19. The van der Waals surface area contributed by atoms with E-state index < -0.39 is 29.7 Å². The van der Waals surface area contributed by atoms with Gasteiger partial charge in [-0.15, -0.1) is 0 Å². The number of pyridine rings is 1. The number of hydrogen-bond donors (Lipinski definition) is 5. The standard InChI is InChI=1S/C71H111F3N14O19/c1-70(2,3)84-55-8-10-61(88-19-11-59(69(88)94)83-67-56-48-54(71(72,73)74)7-9-58(56)79-52-80-67)60(49-55)82-63(90)13-23-97-31-37-103-42-44-106-46-47-107-45-43-105-38-32-98-25-16-77-62(89)12-22-96-30-36-102-40-34-100-28-20-87(21-29-101-35-41-104-39-33-99-27-18-81-85-75)64(91)14-24-95-26-17-78-68(93)57-50-65(92)86(4)66(57)53-6-5-15-76-51-53/h5-7,9,15,48,51-52,55,57,59-61,66,84H,8,10-14,16-47,49-50H2,1-4H3,(H,77,89)(H,78,93)(H,82,90)(H,79,80,83)/t55-,57+,59+,60-,61+,66-/m1/s1. The summed E-state index contributed by atoms with van der Waals surface area (Å²) < 4.78 is 113. The topological polar surface area (TPSA) is 380 Å². The number of likely N-dealkylation sites (tertiary alicyclic amines) is 2. The average molecular weight is 1520 g/mol. The van der Waals surface area contributed by atoms with Crippen LogP contribution in [-0.4, -0.2) is 313 Å². The van der Waals surface area contributed by atoms with Gasteiger partial charge < -0.3 is 103 Å². The van der Waals surface area contributed by atoms with Crippen molar-refractivity contribution in [3.05, 3.63) is 70.6 Å². The van der Waals surface area contributed by atoms with Crippen LogP contribution in [-0.2, 0) is 96.5 Å². The normalized spacial score (nSPS) is 18.3. The summed E-state index contributed by atoms with van der Waals surface area (Å²) in [6.07, 6.45) is 2.92. The van der Waals surface area contributed by atoms with Gasteiger partial charge in [0.1, 0.15) is 18.2 Å². The number of azide groups is 1. The van der Waals surface area contributed by atoms with Gasteiger partial charge in [0, 0.05) is 99.9 Å². The van der Waals surface area contributed by atoms with Gasteiger partial charge in [-0.1, -0.05) is 11.2 Å². The van der Waals surface area contributed by atoms with E-state index in [0.717, 1.165) is 24.1 Å². The number of nitrogens with one attached hydrogen (secondary N) is 5. The smallest absolute Gasteiger partial charge is 0.379 e. The van der Waals surface area contributed by atoms with Crippen molar-refractivity contribution < 1.29 is 104 Å². The number of hydrogen-bond acceptors (Lipinski definition) is 25. The van der Waals surface area contributed by atoms with Gasteiger partial charge in [0.2, 0.25) is 35.4 Å². The van der Waals surface area contributed by atoms with Crippen LogP contribution in [0.4, 0.5) is 19.0 Å². The lowest BCUT2D eigenvalue weighted by atomic mass is 9.84. The molecule has 0 spiro atoms. The first-order chi connectivity index (χ1) is 51.8. The maximum absolute atomic E-state index is 14.0. The minimum Gasteiger partial charge on any atom is -0.379 e. The molecule has 0 unspecified atom stereocenters. The van der Waals surface area contributed by atoms with Crippen molar-refractivity contribution in [2.24, 2.45) is 11.0 Å². The first kappa shape index (κ1) is 88.8. The van der Waals surface area contributed by atoms with Crippen molar-refractivity contribution in [3.63, 3.8) is 0 Å². The molecule has 107 heavy (non-hydrogen) atoms. The zero-order valence-corrected chi connectivity index (χ0v) is 62.3. The van der Waals surface area contributed by atoms with Gasteiger partial charge in [0.25, 0.3) is 0 Å². The highest BCUT2D eigenvalue weighted by Crippen LogP contribution is 2.37. The number of carbonyl (C=O) groups excluding carboxylic acids is 6. The molecule has 1 aliphatic carbocycles. The third-order valence-electron chi connectivity index (χ3n) is 17.3. The van der Waals surface area contributed by atoms with E-state index >= 15 is 0 Å². The van der Waals surface area contributed by atoms with E-state index in [0.29, 0.717) is 163 Å². The molecule has 5 N–H and O–H groups in total. The summed E-state index contributed by atoms with van der Waals surface area (Å²) in [5, 5.41) is 19.1. The Kier molecular flexibility index (Phi) is 42.6. The van der Waals surface area contributed by atoms with Gasteiger partial charge >= 0.3 is 6.18 Å². The Labute approximate surface area is 623 Å². The van der Waals surface area contributed by atoms with Gasteiger partial charge in [-0.3, -0.25) is 33.8 Å². The molecule has 36 heteroatoms. The largest absolute Gasteiger partial charge is 0.416 e. The van der Waals surface area contributed by atoms with E-state index in [4.69, 9.17) is 67.1 Å². The second-order valence-corrected chi connectivity index (χ2v) is 26.3. The van der Waals surface area contributed by atoms with Gasteiger partial charge in [-0.25, -0.2) is 9.97 Å². The third-order valence-corrected chi connectivity index (χ3v) is 17.3. The molecule has 3 fully saturated rings. The fraction of sp³-hybridized carbons (Fsp3) is 0.732. The second kappa shape index (κ2) is 51.3. The van der Waals surface area contributed by atoms with E-state index in [1.807, 2.05) is 6.07 Å². The predicted molar refractivity (Wildman–Crippen MR) is 383 cm³/mol. The van der Waals surface area contributed by atoms with Crippen LogP contribution in [0, 0.1) is 5.92 Å². The van der Waals surface area contributed by atoms with Crippen LogP contribution in [0.1, 0.15) is 89.3 Å². The molecule has 6 amide bonds. The summed E-state index contributed by atoms with van der Waals surface area (Å²) in [6, 6.07) is 5.22. The van der Waals surface area contributed by atoms with Gasteiger partial charge in [0.15, 0.2) is 0 Å². The molecule has 6 rings (SSSR count). The number of nitrogens with zero attached hydrogens (tertiary/aromatic N) is 9. The fourth-order valence-electron chi connectivity index (χ4n) is 12.1. The monoisotopic (exact) mass is 1520 g/mol. The van der Waals surface area contributed by atoms with Crippen LogP contribution in [0.25, 0.3) is 21.3 Å². The maximum Gasteiger partial charge on any atom is 0.416 e. The number of alkyl halides is 3. The Balaban J connectivity index is 0.695. The molecule has 3 aromatic rings. The highest BCUT2D eigenvalue weighted by Gasteiger charge is 2.44. The number of benzene rings is 1. The first-order valence-electron chi connectivity index (χ1n) is 36.8. The van der Waals surface area contributed by atoms with Crippen LogP contribution >= 0.6 is 0 Å². The number of rotatable bonds is 58. The van der Waals surface area contributed by atoms with Crippen molar-refractivity contribution in [1.82, 2.24) is 50.9 Å². The van der Waals surface area contributed by atoms with E-state index in [-0.39, 0.29) is 169 Å². The van der Waals surface area contributed by atoms with Gasteiger partial charge in [0.05, 0.1) is 213 Å². The third kappa shape index (κ3) is 35.4. The molecule has 3 aliphatic rings. The SMILES string of the molecule is CN1C(=O)C[C@H](C(=O)NCCOCCC(=O)N(CCOCCOCCOCCN=[N+]=[N-])CCOCCOCCOCCC(=O)NCCOCCOCCOCCOCCOCCOCCC(=O)N[C@@H]2C[C@H](NC(C)(C)C)CC[C@@H]2N2CC[C@H](Nc3ncnc4ccc(C(F)(F)F)cc34)C2=O)[C@H]1c1cccnc1. The van der Waals surface area contributed by atoms with Gasteiger partial charge in [-0.05, 0) is 81.8 Å². The minimum absolute atomic E-state index is 0.0927. The molecule has 1 saturated carbocycles. The number of halogens is 3. The molecule has 2 aliphatic heterocycles. The first-order valence-corrected chi connectivity index (χ1v) is 36.8. The number of carbonyl (C=O) groups is 6. The maximum atomic E-state index is 14.0. The lowest BCUT2D eigenvalue weighted by Gasteiger charge is -2.43. The summed E-state index contributed by atoms with van der Waals surface area (Å²) in [6.45, 7) is 15.9. The number of aromatic nitrogens is 3.